The third-order valence-electron chi connectivity index (χ3n) is 12.1. The van der Waals surface area contributed by atoms with Crippen molar-refractivity contribution in [2.24, 2.45) is 0 Å². The van der Waals surface area contributed by atoms with E-state index in [1.165, 1.54) is 60.3 Å². The molecule has 2 nitrogen and oxygen atoms in total. The number of nitrogens with zero attached hydrogens (tertiary/aromatic N) is 2. The van der Waals surface area contributed by atoms with E-state index in [9.17, 15) is 0 Å². The first-order valence-corrected chi connectivity index (χ1v) is 20.5. The molecule has 0 fully saturated rings. The van der Waals surface area contributed by atoms with Crippen LogP contribution in [0.1, 0.15) is 27.9 Å². The number of rotatable bonds is 6. The van der Waals surface area contributed by atoms with Gasteiger partial charge in [-0.15, -0.1) is 0 Å². The second-order valence-corrected chi connectivity index (χ2v) is 16.1. The number of aryl methyl sites for hydroxylation is 5. The van der Waals surface area contributed by atoms with Crippen molar-refractivity contribution >= 4 is 32.3 Å². The lowest BCUT2D eigenvalue weighted by Crippen LogP contribution is -1.94. The molecule has 59 heavy (non-hydrogen) atoms. The van der Waals surface area contributed by atoms with Crippen LogP contribution in [0.5, 0.6) is 0 Å². The van der Waals surface area contributed by atoms with Gasteiger partial charge in [-0.25, -0.2) is 4.98 Å². The Kier molecular flexibility index (Phi) is 8.99. The number of hydrogen-bond donors (Lipinski definition) is 0. The van der Waals surface area contributed by atoms with Gasteiger partial charge in [-0.05, 0) is 166 Å². The van der Waals surface area contributed by atoms with Gasteiger partial charge < -0.3 is 0 Å². The molecule has 8 aromatic carbocycles. The van der Waals surface area contributed by atoms with Crippen molar-refractivity contribution < 1.29 is 0 Å². The molecule has 0 aliphatic heterocycles. The van der Waals surface area contributed by atoms with Gasteiger partial charge in [0.05, 0.1) is 17.1 Å². The first-order chi connectivity index (χ1) is 28.8. The molecule has 0 amide bonds. The molecule has 282 valence electrons. The van der Waals surface area contributed by atoms with Crippen molar-refractivity contribution in [1.82, 2.24) is 9.97 Å². The third-order valence-corrected chi connectivity index (χ3v) is 12.1. The fourth-order valence-corrected chi connectivity index (χ4v) is 8.58. The number of aromatic nitrogens is 2. The minimum atomic E-state index is 0.939. The highest BCUT2D eigenvalue weighted by Crippen LogP contribution is 2.41. The average molecular weight is 757 g/mol. The summed E-state index contributed by atoms with van der Waals surface area (Å²) < 4.78 is 0. The highest BCUT2D eigenvalue weighted by Gasteiger charge is 2.16. The van der Waals surface area contributed by atoms with Gasteiger partial charge in [0.1, 0.15) is 0 Å². The van der Waals surface area contributed by atoms with Crippen molar-refractivity contribution in [3.63, 3.8) is 0 Å². The summed E-state index contributed by atoms with van der Waals surface area (Å²) in [6, 6.07) is 64.5. The fourth-order valence-electron chi connectivity index (χ4n) is 8.58. The second kappa shape index (κ2) is 14.7. The minimum absolute atomic E-state index is 0.939. The Morgan fingerprint density at radius 2 is 0.797 bits per heavy atom. The summed E-state index contributed by atoms with van der Waals surface area (Å²) >= 11 is 0. The maximum absolute atomic E-state index is 5.47. The van der Waals surface area contributed by atoms with Gasteiger partial charge >= 0.3 is 0 Å². The Bertz CT molecular complexity index is 3190. The molecule has 0 aliphatic carbocycles. The SMILES string of the molecule is Cc1cc2ccccc2c(-c2ccc(-c3cc(-c4cc(-c5ccc(C)c(C)c5)cc(-c5ccc(C)c(C)c5)n4)cc(-c4cc5ccccc5c5ccccc45)c3)cc2)n1. The van der Waals surface area contributed by atoms with Crippen LogP contribution in [0.3, 0.4) is 0 Å². The van der Waals surface area contributed by atoms with Crippen LogP contribution in [0.25, 0.3) is 99.5 Å². The quantitative estimate of drug-likeness (QED) is 0.158. The van der Waals surface area contributed by atoms with Gasteiger partial charge in [0, 0.05) is 27.8 Å². The highest BCUT2D eigenvalue weighted by molar-refractivity contribution is 6.14. The number of hydrogen-bond acceptors (Lipinski definition) is 2. The van der Waals surface area contributed by atoms with E-state index in [0.29, 0.717) is 0 Å². The largest absolute Gasteiger partial charge is 0.252 e. The number of benzene rings is 8. The van der Waals surface area contributed by atoms with E-state index in [0.717, 1.165) is 67.1 Å². The molecule has 2 aromatic heterocycles. The van der Waals surface area contributed by atoms with Crippen LogP contribution in [0.15, 0.2) is 176 Å². The predicted octanol–water partition coefficient (Wildman–Crippen LogP) is 15.5. The molecule has 0 atom stereocenters. The summed E-state index contributed by atoms with van der Waals surface area (Å²) in [4.78, 5) is 10.5. The van der Waals surface area contributed by atoms with E-state index in [1.54, 1.807) is 0 Å². The molecule has 0 aliphatic rings. The van der Waals surface area contributed by atoms with Crippen molar-refractivity contribution in [3.8, 4) is 67.2 Å². The molecule has 0 saturated heterocycles. The summed E-state index contributed by atoms with van der Waals surface area (Å²) in [6.07, 6.45) is 0. The van der Waals surface area contributed by atoms with Crippen LogP contribution < -0.4 is 0 Å². The van der Waals surface area contributed by atoms with Crippen LogP contribution in [-0.4, -0.2) is 9.97 Å². The standard InChI is InChI=1S/C57H44N2/c1-35-18-20-42(26-37(35)3)47-33-55(45-21-19-36(2)38(4)27-45)59-56(34-47)49-30-46(40-22-24-41(25-23-40)57-51-15-9-7-12-43(51)28-39(5)58-57)29-48(31-49)54-32-44-13-6-8-14-50(44)52-16-10-11-17-53(52)54/h6-34H,1-5H3. The lowest BCUT2D eigenvalue weighted by molar-refractivity contribution is 1.23. The minimum Gasteiger partial charge on any atom is -0.252 e. The lowest BCUT2D eigenvalue weighted by atomic mass is 9.89. The smallest absolute Gasteiger partial charge is 0.0783 e. The molecule has 2 heteroatoms. The van der Waals surface area contributed by atoms with E-state index in [2.05, 4.69) is 211 Å². The summed E-state index contributed by atoms with van der Waals surface area (Å²) in [5.41, 5.74) is 19.3. The third kappa shape index (κ3) is 6.77. The molecule has 2 heterocycles. The van der Waals surface area contributed by atoms with Crippen molar-refractivity contribution in [2.45, 2.75) is 34.6 Å². The summed E-state index contributed by atoms with van der Waals surface area (Å²) in [6.45, 7) is 10.8. The molecule has 0 saturated carbocycles. The summed E-state index contributed by atoms with van der Waals surface area (Å²) in [5.74, 6) is 0. The molecule has 0 N–H and O–H groups in total. The van der Waals surface area contributed by atoms with Crippen LogP contribution in [0, 0.1) is 34.6 Å². The van der Waals surface area contributed by atoms with E-state index < -0.39 is 0 Å². The Hall–Kier alpha value is -7.16. The topological polar surface area (TPSA) is 25.8 Å². The monoisotopic (exact) mass is 756 g/mol. The van der Waals surface area contributed by atoms with Gasteiger partial charge in [0.25, 0.3) is 0 Å². The molecule has 10 aromatic rings. The zero-order chi connectivity index (χ0) is 40.2. The van der Waals surface area contributed by atoms with Crippen LogP contribution in [-0.2, 0) is 0 Å². The van der Waals surface area contributed by atoms with Crippen molar-refractivity contribution in [3.05, 3.63) is 204 Å². The normalized spacial score (nSPS) is 11.5. The highest BCUT2D eigenvalue weighted by atomic mass is 14.7. The molecule has 10 rings (SSSR count). The average Bonchev–Trinajstić information content (AvgIpc) is 3.27. The molecular weight excluding hydrogens is 713 g/mol. The molecule has 0 unspecified atom stereocenters. The van der Waals surface area contributed by atoms with E-state index in [4.69, 9.17) is 9.97 Å². The lowest BCUT2D eigenvalue weighted by Gasteiger charge is -2.16. The van der Waals surface area contributed by atoms with Crippen LogP contribution in [0.2, 0.25) is 0 Å². The van der Waals surface area contributed by atoms with Gasteiger partial charge in [-0.3, -0.25) is 4.98 Å². The fraction of sp³-hybridized carbons (Fsp3) is 0.0877. The zero-order valence-corrected chi connectivity index (χ0v) is 34.1. The predicted molar refractivity (Wildman–Crippen MR) is 251 cm³/mol. The molecule has 0 bridgehead atoms. The Labute approximate surface area is 346 Å². The van der Waals surface area contributed by atoms with Gasteiger partial charge in [-0.1, -0.05) is 127 Å². The maximum Gasteiger partial charge on any atom is 0.0783 e. The van der Waals surface area contributed by atoms with Crippen LogP contribution >= 0.6 is 0 Å². The molecular formula is C57H44N2. The van der Waals surface area contributed by atoms with Gasteiger partial charge in [-0.2, -0.15) is 0 Å². The molecule has 0 radical (unpaired) electrons. The summed E-state index contributed by atoms with van der Waals surface area (Å²) in [7, 11) is 0. The van der Waals surface area contributed by atoms with Crippen molar-refractivity contribution in [2.75, 3.05) is 0 Å². The molecule has 0 spiro atoms. The van der Waals surface area contributed by atoms with Crippen LogP contribution in [0.4, 0.5) is 0 Å². The maximum atomic E-state index is 5.47. The van der Waals surface area contributed by atoms with Crippen molar-refractivity contribution in [1.29, 1.82) is 0 Å². The van der Waals surface area contributed by atoms with Gasteiger partial charge in [0.15, 0.2) is 0 Å². The van der Waals surface area contributed by atoms with E-state index in [1.807, 2.05) is 0 Å². The zero-order valence-electron chi connectivity index (χ0n) is 34.1. The van der Waals surface area contributed by atoms with E-state index in [-0.39, 0.29) is 0 Å². The van der Waals surface area contributed by atoms with Gasteiger partial charge in [0.2, 0.25) is 0 Å². The van der Waals surface area contributed by atoms with E-state index >= 15 is 0 Å². The summed E-state index contributed by atoms with van der Waals surface area (Å²) in [5, 5.41) is 7.33. The first-order valence-electron chi connectivity index (χ1n) is 20.5. The second-order valence-electron chi connectivity index (χ2n) is 16.1. The first kappa shape index (κ1) is 36.2. The Balaban J connectivity index is 1.20. The number of fused-ring (bicyclic) bond motifs is 4. The Morgan fingerprint density at radius 3 is 1.51 bits per heavy atom. The Morgan fingerprint density at radius 1 is 0.288 bits per heavy atom. The number of pyridine rings is 2.